The van der Waals surface area contributed by atoms with Crippen molar-refractivity contribution in [1.82, 2.24) is 9.55 Å². The summed E-state index contributed by atoms with van der Waals surface area (Å²) in [5, 5.41) is 3.30. The molecule has 0 amide bonds. The molecule has 0 bridgehead atoms. The number of para-hydroxylation sites is 2. The minimum absolute atomic E-state index is 0.171. The largest absolute Gasteiger partial charge is 0.490 e. The summed E-state index contributed by atoms with van der Waals surface area (Å²) in [7, 11) is 1.58. The quantitative estimate of drug-likeness (QED) is 0.303. The van der Waals surface area contributed by atoms with Crippen LogP contribution in [0, 0.1) is 0 Å². The molecule has 1 N–H and O–H groups in total. The number of benzene rings is 2. The third-order valence-corrected chi connectivity index (χ3v) is 5.91. The number of unbranched alkanes of at least 4 members (excludes halogenated alkanes) is 1. The average molecular weight is 480 g/mol. The summed E-state index contributed by atoms with van der Waals surface area (Å²) in [5.74, 6) is 1.61. The molecule has 186 valence electrons. The topological polar surface area (TPSA) is 83.8 Å². The minimum atomic E-state index is -0.461. The van der Waals surface area contributed by atoms with Crippen molar-refractivity contribution in [2.75, 3.05) is 38.9 Å². The first-order valence-corrected chi connectivity index (χ1v) is 12.1. The van der Waals surface area contributed by atoms with Crippen LogP contribution in [0.4, 0.5) is 5.95 Å². The molecular weight excluding hydrogens is 446 g/mol. The van der Waals surface area contributed by atoms with E-state index in [4.69, 9.17) is 23.9 Å². The molecule has 0 radical (unpaired) electrons. The molecule has 3 aromatic rings. The van der Waals surface area contributed by atoms with Gasteiger partial charge in [-0.3, -0.25) is 4.57 Å². The normalized spacial score (nSPS) is 15.0. The lowest BCUT2D eigenvalue weighted by atomic mass is 9.94. The van der Waals surface area contributed by atoms with Crippen molar-refractivity contribution in [2.45, 2.75) is 39.7 Å². The first-order chi connectivity index (χ1) is 17.1. The van der Waals surface area contributed by atoms with Crippen LogP contribution in [0.25, 0.3) is 11.0 Å². The number of carbonyl (C=O) groups is 1. The number of esters is 1. The molecule has 1 aliphatic rings. The molecule has 0 aliphatic carbocycles. The summed E-state index contributed by atoms with van der Waals surface area (Å²) in [6.07, 6.45) is 2.01. The van der Waals surface area contributed by atoms with E-state index in [0.29, 0.717) is 48.5 Å². The zero-order chi connectivity index (χ0) is 24.8. The van der Waals surface area contributed by atoms with Crippen LogP contribution in [0.1, 0.15) is 45.2 Å². The van der Waals surface area contributed by atoms with Gasteiger partial charge in [0.2, 0.25) is 5.95 Å². The third kappa shape index (κ3) is 5.12. The van der Waals surface area contributed by atoms with Gasteiger partial charge in [-0.1, -0.05) is 31.5 Å². The molecule has 1 unspecified atom stereocenters. The van der Waals surface area contributed by atoms with Crippen molar-refractivity contribution < 1.29 is 23.7 Å². The second-order valence-corrected chi connectivity index (χ2v) is 8.33. The first kappa shape index (κ1) is 24.6. The fourth-order valence-electron chi connectivity index (χ4n) is 4.25. The van der Waals surface area contributed by atoms with E-state index in [0.717, 1.165) is 29.4 Å². The van der Waals surface area contributed by atoms with Gasteiger partial charge in [-0.05, 0) is 50.1 Å². The number of hydrogen-bond acceptors (Lipinski definition) is 7. The van der Waals surface area contributed by atoms with Crippen molar-refractivity contribution in [3.8, 4) is 11.5 Å². The second-order valence-electron chi connectivity index (χ2n) is 8.33. The van der Waals surface area contributed by atoms with Crippen LogP contribution in [-0.4, -0.2) is 49.1 Å². The zero-order valence-electron chi connectivity index (χ0n) is 20.8. The van der Waals surface area contributed by atoms with Gasteiger partial charge in [-0.25, -0.2) is 9.78 Å². The Morgan fingerprint density at radius 2 is 1.89 bits per heavy atom. The molecule has 8 nitrogen and oxygen atoms in total. The number of carbonyl (C=O) groups excluding carboxylic acids is 1. The molecule has 0 saturated carbocycles. The number of hydrogen-bond donors (Lipinski definition) is 1. The van der Waals surface area contributed by atoms with Gasteiger partial charge < -0.3 is 24.3 Å². The van der Waals surface area contributed by atoms with Gasteiger partial charge in [0.1, 0.15) is 6.61 Å². The molecule has 0 fully saturated rings. The van der Waals surface area contributed by atoms with Crippen LogP contribution in [-0.2, 0) is 14.3 Å². The monoisotopic (exact) mass is 479 g/mol. The highest BCUT2D eigenvalue weighted by Gasteiger charge is 2.35. The van der Waals surface area contributed by atoms with E-state index in [-0.39, 0.29) is 6.61 Å². The minimum Gasteiger partial charge on any atom is -0.490 e. The predicted molar refractivity (Wildman–Crippen MR) is 135 cm³/mol. The maximum Gasteiger partial charge on any atom is 0.338 e. The number of rotatable bonds is 11. The summed E-state index contributed by atoms with van der Waals surface area (Å²) in [6, 6.07) is 13.3. The van der Waals surface area contributed by atoms with Gasteiger partial charge in [-0.15, -0.1) is 0 Å². The third-order valence-electron chi connectivity index (χ3n) is 5.91. The van der Waals surface area contributed by atoms with Gasteiger partial charge in [0.25, 0.3) is 0 Å². The highest BCUT2D eigenvalue weighted by Crippen LogP contribution is 2.42. The summed E-state index contributed by atoms with van der Waals surface area (Å²) in [4.78, 5) is 18.1. The Balaban J connectivity index is 1.82. The smallest absolute Gasteiger partial charge is 0.338 e. The van der Waals surface area contributed by atoms with Crippen LogP contribution in [0.5, 0.6) is 11.5 Å². The number of methoxy groups -OCH3 is 1. The Hall–Kier alpha value is -3.52. The van der Waals surface area contributed by atoms with E-state index in [1.165, 1.54) is 0 Å². The molecule has 2 heterocycles. The number of aromatic nitrogens is 2. The Morgan fingerprint density at radius 3 is 2.66 bits per heavy atom. The van der Waals surface area contributed by atoms with Crippen LogP contribution in [0.3, 0.4) is 0 Å². The van der Waals surface area contributed by atoms with E-state index < -0.39 is 12.0 Å². The fourth-order valence-corrected chi connectivity index (χ4v) is 4.25. The number of allylic oxidation sites excluding steroid dienone is 1. The van der Waals surface area contributed by atoms with E-state index in [9.17, 15) is 4.79 Å². The zero-order valence-corrected chi connectivity index (χ0v) is 20.8. The van der Waals surface area contributed by atoms with E-state index in [1.54, 1.807) is 7.11 Å². The first-order valence-electron chi connectivity index (χ1n) is 12.1. The second kappa shape index (κ2) is 11.3. The van der Waals surface area contributed by atoms with Gasteiger partial charge in [0, 0.05) is 12.8 Å². The summed E-state index contributed by atoms with van der Waals surface area (Å²) in [5.41, 5.74) is 3.84. The summed E-state index contributed by atoms with van der Waals surface area (Å²) >= 11 is 0. The van der Waals surface area contributed by atoms with Crippen molar-refractivity contribution in [1.29, 1.82) is 0 Å². The summed E-state index contributed by atoms with van der Waals surface area (Å²) in [6.45, 7) is 7.56. The number of imidazole rings is 1. The van der Waals surface area contributed by atoms with Crippen molar-refractivity contribution in [3.05, 3.63) is 59.3 Å². The van der Waals surface area contributed by atoms with E-state index in [1.807, 2.05) is 60.9 Å². The highest BCUT2D eigenvalue weighted by atomic mass is 16.6. The van der Waals surface area contributed by atoms with Crippen molar-refractivity contribution >= 4 is 23.0 Å². The molecule has 1 aromatic heterocycles. The Labute approximate surface area is 205 Å². The van der Waals surface area contributed by atoms with Crippen LogP contribution < -0.4 is 14.8 Å². The molecule has 0 spiro atoms. The maximum absolute atomic E-state index is 13.3. The standard InChI is InChI=1S/C27H33N3O5/c1-5-7-14-34-22-13-12-19(17-23(22)33-6-2)25-24(26(31)35-16-15-32-4)18(3)28-27-29-20-10-8-9-11-21(20)30(25)27/h8-13,17,25H,5-7,14-16H2,1-4H3,(H,28,29). The molecule has 1 atom stereocenters. The van der Waals surface area contributed by atoms with E-state index >= 15 is 0 Å². The van der Waals surface area contributed by atoms with Gasteiger partial charge in [-0.2, -0.15) is 0 Å². The van der Waals surface area contributed by atoms with Gasteiger partial charge >= 0.3 is 5.97 Å². The number of fused-ring (bicyclic) bond motifs is 3. The lowest BCUT2D eigenvalue weighted by Crippen LogP contribution is -2.29. The van der Waals surface area contributed by atoms with Crippen molar-refractivity contribution in [2.24, 2.45) is 0 Å². The van der Waals surface area contributed by atoms with Gasteiger partial charge in [0.05, 0.1) is 42.5 Å². The molecule has 8 heteroatoms. The molecule has 2 aromatic carbocycles. The fraction of sp³-hybridized carbons (Fsp3) is 0.407. The lowest BCUT2D eigenvalue weighted by molar-refractivity contribution is -0.140. The maximum atomic E-state index is 13.3. The lowest BCUT2D eigenvalue weighted by Gasteiger charge is -2.30. The number of nitrogens with zero attached hydrogens (tertiary/aromatic N) is 2. The number of nitrogens with one attached hydrogen (secondary N) is 1. The van der Waals surface area contributed by atoms with E-state index in [2.05, 4.69) is 12.2 Å². The SMILES string of the molecule is CCCCOc1ccc(C2C(C(=O)OCCOC)=C(C)Nc3nc4ccccc4n32)cc1OCC. The molecular formula is C27H33N3O5. The Bertz CT molecular complexity index is 1220. The highest BCUT2D eigenvalue weighted by molar-refractivity contribution is 5.94. The van der Waals surface area contributed by atoms with Crippen LogP contribution in [0.15, 0.2) is 53.7 Å². The van der Waals surface area contributed by atoms with Crippen LogP contribution >= 0.6 is 0 Å². The van der Waals surface area contributed by atoms with Gasteiger partial charge in [0.15, 0.2) is 11.5 Å². The van der Waals surface area contributed by atoms with Crippen molar-refractivity contribution in [3.63, 3.8) is 0 Å². The predicted octanol–water partition coefficient (Wildman–Crippen LogP) is 5.09. The molecule has 1 aliphatic heterocycles. The Kier molecular flexibility index (Phi) is 7.92. The van der Waals surface area contributed by atoms with Crippen LogP contribution in [0.2, 0.25) is 0 Å². The Morgan fingerprint density at radius 1 is 1.06 bits per heavy atom. The summed E-state index contributed by atoms with van der Waals surface area (Å²) < 4.78 is 24.6. The molecule has 4 rings (SSSR count). The molecule has 35 heavy (non-hydrogen) atoms. The average Bonchev–Trinajstić information content (AvgIpc) is 3.22. The number of ether oxygens (including phenoxy) is 4. The number of anilines is 1. The molecule has 0 saturated heterocycles.